The summed E-state index contributed by atoms with van der Waals surface area (Å²) in [6.07, 6.45) is 0. The first-order valence-corrected chi connectivity index (χ1v) is 7.23. The Hall–Kier alpha value is -1.00. The Labute approximate surface area is 117 Å². The second-order valence-electron chi connectivity index (χ2n) is 4.53. The molecule has 0 aliphatic heterocycles. The van der Waals surface area contributed by atoms with Crippen molar-refractivity contribution in [3.8, 4) is 11.4 Å². The summed E-state index contributed by atoms with van der Waals surface area (Å²) in [7, 11) is 1.91. The van der Waals surface area contributed by atoms with Crippen LogP contribution in [0.1, 0.15) is 13.8 Å². The number of nitrogens with zero attached hydrogens (tertiary/aromatic N) is 3. The van der Waals surface area contributed by atoms with Crippen LogP contribution < -0.4 is 0 Å². The summed E-state index contributed by atoms with van der Waals surface area (Å²) in [5.41, 5.74) is 0.881. The molecule has 96 valence electrons. The molecule has 0 N–H and O–H groups in total. The van der Waals surface area contributed by atoms with Gasteiger partial charge in [0.2, 0.25) is 0 Å². The molecule has 0 bridgehead atoms. The molecule has 1 aromatic heterocycles. The highest BCUT2D eigenvalue weighted by Crippen LogP contribution is 2.27. The lowest BCUT2D eigenvalue weighted by atomic mass is 10.2. The monoisotopic (exact) mass is 281 g/mol. The molecule has 5 heteroatoms. The molecule has 0 unspecified atom stereocenters. The van der Waals surface area contributed by atoms with Crippen LogP contribution in [-0.4, -0.2) is 20.5 Å². The van der Waals surface area contributed by atoms with E-state index < -0.39 is 0 Å². The molecule has 0 atom stereocenters. The SMILES string of the molecule is CC(C)CSc1nc(-c2ccccc2Cl)nn1C. The summed E-state index contributed by atoms with van der Waals surface area (Å²) >= 11 is 7.87. The molecule has 1 aromatic carbocycles. The third kappa shape index (κ3) is 3.06. The molecule has 0 aliphatic rings. The van der Waals surface area contributed by atoms with Crippen molar-refractivity contribution in [3.05, 3.63) is 29.3 Å². The number of thioether (sulfide) groups is 1. The summed E-state index contributed by atoms with van der Waals surface area (Å²) in [4.78, 5) is 4.54. The molecule has 2 aromatic rings. The van der Waals surface area contributed by atoms with Gasteiger partial charge in [0, 0.05) is 18.4 Å². The van der Waals surface area contributed by atoms with Gasteiger partial charge in [0.1, 0.15) is 0 Å². The molecular weight excluding hydrogens is 266 g/mol. The number of hydrogen-bond acceptors (Lipinski definition) is 3. The van der Waals surface area contributed by atoms with E-state index >= 15 is 0 Å². The molecule has 0 saturated carbocycles. The van der Waals surface area contributed by atoms with Crippen LogP contribution in [0.2, 0.25) is 5.02 Å². The van der Waals surface area contributed by atoms with Gasteiger partial charge in [0.15, 0.2) is 11.0 Å². The van der Waals surface area contributed by atoms with Crippen molar-refractivity contribution < 1.29 is 0 Å². The second-order valence-corrected chi connectivity index (χ2v) is 5.92. The Kier molecular flexibility index (Phi) is 4.30. The first-order chi connectivity index (χ1) is 8.58. The smallest absolute Gasteiger partial charge is 0.186 e. The van der Waals surface area contributed by atoms with Crippen LogP contribution in [0.25, 0.3) is 11.4 Å². The molecular formula is C13H16ClN3S. The average molecular weight is 282 g/mol. The van der Waals surface area contributed by atoms with Gasteiger partial charge in [-0.1, -0.05) is 49.3 Å². The van der Waals surface area contributed by atoms with E-state index in [4.69, 9.17) is 11.6 Å². The number of aromatic nitrogens is 3. The van der Waals surface area contributed by atoms with Gasteiger partial charge >= 0.3 is 0 Å². The van der Waals surface area contributed by atoms with Gasteiger partial charge in [-0.3, -0.25) is 0 Å². The van der Waals surface area contributed by atoms with Crippen LogP contribution in [0.3, 0.4) is 0 Å². The normalized spacial score (nSPS) is 11.2. The molecule has 1 heterocycles. The summed E-state index contributed by atoms with van der Waals surface area (Å²) in [5.74, 6) is 2.36. The maximum Gasteiger partial charge on any atom is 0.186 e. The molecule has 0 saturated heterocycles. The van der Waals surface area contributed by atoms with Crippen LogP contribution in [0, 0.1) is 5.92 Å². The Bertz CT molecular complexity index is 537. The number of halogens is 1. The number of benzene rings is 1. The maximum atomic E-state index is 6.15. The van der Waals surface area contributed by atoms with Crippen molar-refractivity contribution in [2.75, 3.05) is 5.75 Å². The number of rotatable bonds is 4. The molecule has 2 rings (SSSR count). The first-order valence-electron chi connectivity index (χ1n) is 5.86. The van der Waals surface area contributed by atoms with Crippen molar-refractivity contribution in [1.82, 2.24) is 14.8 Å². The highest BCUT2D eigenvalue weighted by Gasteiger charge is 2.12. The molecule has 0 spiro atoms. The van der Waals surface area contributed by atoms with Gasteiger partial charge in [-0.15, -0.1) is 0 Å². The number of hydrogen-bond donors (Lipinski definition) is 0. The molecule has 0 radical (unpaired) electrons. The summed E-state index contributed by atoms with van der Waals surface area (Å²) in [5, 5.41) is 6.03. The Morgan fingerprint density at radius 1 is 1.33 bits per heavy atom. The van der Waals surface area contributed by atoms with E-state index in [2.05, 4.69) is 23.9 Å². The van der Waals surface area contributed by atoms with Crippen molar-refractivity contribution in [2.45, 2.75) is 19.0 Å². The van der Waals surface area contributed by atoms with Crippen LogP contribution in [0.15, 0.2) is 29.4 Å². The largest absolute Gasteiger partial charge is 0.243 e. The fourth-order valence-electron chi connectivity index (χ4n) is 1.49. The van der Waals surface area contributed by atoms with Crippen molar-refractivity contribution in [2.24, 2.45) is 13.0 Å². The zero-order valence-corrected chi connectivity index (χ0v) is 12.3. The third-order valence-electron chi connectivity index (χ3n) is 2.38. The predicted molar refractivity (Wildman–Crippen MR) is 77.0 cm³/mol. The fourth-order valence-corrected chi connectivity index (χ4v) is 2.58. The highest BCUT2D eigenvalue weighted by atomic mass is 35.5. The predicted octanol–water partition coefficient (Wildman–Crippen LogP) is 3.88. The summed E-state index contributed by atoms with van der Waals surface area (Å²) in [6.45, 7) is 4.39. The van der Waals surface area contributed by atoms with Crippen LogP contribution in [-0.2, 0) is 7.05 Å². The lowest BCUT2D eigenvalue weighted by Crippen LogP contribution is -1.96. The van der Waals surface area contributed by atoms with Crippen molar-refractivity contribution in [1.29, 1.82) is 0 Å². The van der Waals surface area contributed by atoms with E-state index in [1.165, 1.54) is 0 Å². The molecule has 18 heavy (non-hydrogen) atoms. The minimum Gasteiger partial charge on any atom is -0.243 e. The van der Waals surface area contributed by atoms with E-state index in [1.807, 2.05) is 36.0 Å². The van der Waals surface area contributed by atoms with E-state index in [1.54, 1.807) is 11.8 Å². The van der Waals surface area contributed by atoms with Crippen LogP contribution >= 0.6 is 23.4 Å². The zero-order valence-electron chi connectivity index (χ0n) is 10.7. The lowest BCUT2D eigenvalue weighted by Gasteiger charge is -2.02. The maximum absolute atomic E-state index is 6.15. The van der Waals surface area contributed by atoms with Gasteiger partial charge < -0.3 is 0 Å². The Morgan fingerprint density at radius 2 is 2.06 bits per heavy atom. The van der Waals surface area contributed by atoms with E-state index in [-0.39, 0.29) is 0 Å². The molecule has 3 nitrogen and oxygen atoms in total. The zero-order chi connectivity index (χ0) is 13.1. The van der Waals surface area contributed by atoms with Gasteiger partial charge in [-0.2, -0.15) is 5.10 Å². The first kappa shape index (κ1) is 13.4. The van der Waals surface area contributed by atoms with Crippen molar-refractivity contribution >= 4 is 23.4 Å². The minimum absolute atomic E-state index is 0.635. The van der Waals surface area contributed by atoms with Gasteiger partial charge in [-0.05, 0) is 18.1 Å². The number of aryl methyl sites for hydroxylation is 1. The lowest BCUT2D eigenvalue weighted by molar-refractivity contribution is 0.681. The summed E-state index contributed by atoms with van der Waals surface area (Å²) < 4.78 is 1.81. The Balaban J connectivity index is 2.26. The van der Waals surface area contributed by atoms with Crippen molar-refractivity contribution in [3.63, 3.8) is 0 Å². The van der Waals surface area contributed by atoms with Crippen LogP contribution in [0.5, 0.6) is 0 Å². The highest BCUT2D eigenvalue weighted by molar-refractivity contribution is 7.99. The molecule has 0 fully saturated rings. The van der Waals surface area contributed by atoms with E-state index in [9.17, 15) is 0 Å². The Morgan fingerprint density at radius 3 is 2.72 bits per heavy atom. The average Bonchev–Trinajstić information content (AvgIpc) is 2.68. The van der Waals surface area contributed by atoms with E-state index in [0.29, 0.717) is 16.8 Å². The van der Waals surface area contributed by atoms with Gasteiger partial charge in [0.05, 0.1) is 5.02 Å². The van der Waals surface area contributed by atoms with Crippen LogP contribution in [0.4, 0.5) is 0 Å². The quantitative estimate of drug-likeness (QED) is 0.797. The van der Waals surface area contributed by atoms with Gasteiger partial charge in [0.25, 0.3) is 0 Å². The molecule has 0 aliphatic carbocycles. The second kappa shape index (κ2) is 5.76. The summed E-state index contributed by atoms with van der Waals surface area (Å²) in [6, 6.07) is 7.64. The van der Waals surface area contributed by atoms with E-state index in [0.717, 1.165) is 16.5 Å². The topological polar surface area (TPSA) is 30.7 Å². The third-order valence-corrected chi connectivity index (χ3v) is 4.16. The fraction of sp³-hybridized carbons (Fsp3) is 0.385. The van der Waals surface area contributed by atoms with Gasteiger partial charge in [-0.25, -0.2) is 9.67 Å². The molecule has 0 amide bonds. The minimum atomic E-state index is 0.635. The standard InChI is InChI=1S/C13H16ClN3S/c1-9(2)8-18-13-15-12(16-17(13)3)10-6-4-5-7-11(10)14/h4-7,9H,8H2,1-3H3.